The third-order valence-electron chi connectivity index (χ3n) is 6.26. The number of rotatable bonds is 8. The molecular weight excluding hydrogens is 426 g/mol. The van der Waals surface area contributed by atoms with Crippen molar-refractivity contribution in [2.75, 3.05) is 33.4 Å². The molecule has 2 aromatic rings. The van der Waals surface area contributed by atoms with Crippen LogP contribution in [-0.4, -0.2) is 66.1 Å². The number of benzene rings is 1. The summed E-state index contributed by atoms with van der Waals surface area (Å²) in [4.78, 5) is 33.8. The van der Waals surface area contributed by atoms with Crippen molar-refractivity contribution in [3.8, 4) is 16.3 Å². The Bertz CT molecular complexity index is 943. The lowest BCUT2D eigenvalue weighted by molar-refractivity contribution is -0.147. The van der Waals surface area contributed by atoms with E-state index in [0.717, 1.165) is 46.5 Å². The number of ether oxygens (including phenoxy) is 2. The van der Waals surface area contributed by atoms with Gasteiger partial charge in [0, 0.05) is 36.0 Å². The summed E-state index contributed by atoms with van der Waals surface area (Å²) >= 11 is 1.61. The minimum atomic E-state index is -0.501. The van der Waals surface area contributed by atoms with E-state index in [2.05, 4.69) is 16.6 Å². The Morgan fingerprint density at radius 2 is 2.03 bits per heavy atom. The van der Waals surface area contributed by atoms with E-state index in [1.165, 1.54) is 26.5 Å². The van der Waals surface area contributed by atoms with Crippen LogP contribution in [0.5, 0.6) is 5.75 Å². The summed E-state index contributed by atoms with van der Waals surface area (Å²) in [6.07, 6.45) is 4.15. The molecule has 0 aliphatic carbocycles. The number of nitrogens with zero attached hydrogens (tertiary/aromatic N) is 3. The number of methoxy groups -OCH3 is 1. The summed E-state index contributed by atoms with van der Waals surface area (Å²) in [6.45, 7) is 6.42. The largest absolute Gasteiger partial charge is 0.494 e. The predicted molar refractivity (Wildman–Crippen MR) is 124 cm³/mol. The maximum absolute atomic E-state index is 12.3. The summed E-state index contributed by atoms with van der Waals surface area (Å²) in [7, 11) is 1.30. The van der Waals surface area contributed by atoms with Gasteiger partial charge >= 0.3 is 5.97 Å². The fourth-order valence-electron chi connectivity index (χ4n) is 4.32. The number of aromatic nitrogens is 1. The van der Waals surface area contributed by atoms with Gasteiger partial charge in [-0.15, -0.1) is 11.3 Å². The van der Waals surface area contributed by atoms with Gasteiger partial charge in [0.2, 0.25) is 5.91 Å². The van der Waals surface area contributed by atoms with Gasteiger partial charge in [-0.2, -0.15) is 0 Å². The van der Waals surface area contributed by atoms with Gasteiger partial charge in [0.05, 0.1) is 26.0 Å². The highest BCUT2D eigenvalue weighted by atomic mass is 32.1. The molecule has 1 amide bonds. The molecule has 172 valence electrons. The Balaban J connectivity index is 1.29. The highest BCUT2D eigenvalue weighted by Crippen LogP contribution is 2.32. The Kier molecular flexibility index (Phi) is 7.42. The normalized spacial score (nSPS) is 18.4. The van der Waals surface area contributed by atoms with Crippen LogP contribution >= 0.6 is 11.3 Å². The molecule has 1 aromatic carbocycles. The van der Waals surface area contributed by atoms with Gasteiger partial charge < -0.3 is 19.3 Å². The van der Waals surface area contributed by atoms with E-state index in [4.69, 9.17) is 9.72 Å². The van der Waals surface area contributed by atoms with Crippen LogP contribution in [-0.2, 0) is 27.3 Å². The summed E-state index contributed by atoms with van der Waals surface area (Å²) in [5.41, 5.74) is 2.10. The fourth-order valence-corrected chi connectivity index (χ4v) is 5.44. The van der Waals surface area contributed by atoms with Crippen molar-refractivity contribution in [3.05, 3.63) is 34.8 Å². The van der Waals surface area contributed by atoms with Gasteiger partial charge in [0.25, 0.3) is 0 Å². The molecule has 0 spiro atoms. The maximum atomic E-state index is 12.3. The van der Waals surface area contributed by atoms with Crippen LogP contribution in [0.25, 0.3) is 10.6 Å². The van der Waals surface area contributed by atoms with Crippen molar-refractivity contribution in [2.45, 2.75) is 51.6 Å². The van der Waals surface area contributed by atoms with Gasteiger partial charge in [-0.25, -0.2) is 4.98 Å². The molecule has 1 fully saturated rings. The van der Waals surface area contributed by atoms with E-state index in [9.17, 15) is 9.59 Å². The zero-order chi connectivity index (χ0) is 22.5. The van der Waals surface area contributed by atoms with Crippen molar-refractivity contribution < 1.29 is 19.1 Å². The van der Waals surface area contributed by atoms with Crippen molar-refractivity contribution >= 4 is 23.2 Å². The Morgan fingerprint density at radius 1 is 1.22 bits per heavy atom. The minimum absolute atomic E-state index is 0.196. The summed E-state index contributed by atoms with van der Waals surface area (Å²) in [5.74, 6) is 0.181. The topological polar surface area (TPSA) is 72.0 Å². The number of fused-ring (bicyclic) bond motifs is 1. The molecule has 3 heterocycles. The first-order chi connectivity index (χ1) is 15.5. The molecule has 8 heteroatoms. The summed E-state index contributed by atoms with van der Waals surface area (Å²) < 4.78 is 10.5. The number of hydrogen-bond acceptors (Lipinski definition) is 7. The molecule has 7 nitrogen and oxygen atoms in total. The van der Waals surface area contributed by atoms with E-state index >= 15 is 0 Å². The first kappa shape index (κ1) is 22.7. The molecule has 4 rings (SSSR count). The molecular formula is C24H31N3O4S. The highest BCUT2D eigenvalue weighted by molar-refractivity contribution is 7.15. The van der Waals surface area contributed by atoms with Crippen LogP contribution in [0.2, 0.25) is 0 Å². The lowest BCUT2D eigenvalue weighted by Gasteiger charge is -2.25. The van der Waals surface area contributed by atoms with Crippen LogP contribution in [0, 0.1) is 0 Å². The average molecular weight is 458 g/mol. The number of thiazole rings is 1. The molecule has 1 atom stereocenters. The molecule has 1 unspecified atom stereocenters. The van der Waals surface area contributed by atoms with E-state index < -0.39 is 5.97 Å². The smallest absolute Gasteiger partial charge is 0.315 e. The van der Waals surface area contributed by atoms with Gasteiger partial charge in [0.1, 0.15) is 17.2 Å². The Morgan fingerprint density at radius 3 is 2.75 bits per heavy atom. The van der Waals surface area contributed by atoms with E-state index in [1.807, 2.05) is 24.3 Å². The molecule has 1 saturated heterocycles. The summed E-state index contributed by atoms with van der Waals surface area (Å²) in [5, 5.41) is 0.951. The van der Waals surface area contributed by atoms with Gasteiger partial charge in [-0.1, -0.05) is 0 Å². The molecule has 2 aliphatic rings. The molecule has 0 radical (unpaired) electrons. The van der Waals surface area contributed by atoms with E-state index in [-0.39, 0.29) is 12.3 Å². The van der Waals surface area contributed by atoms with Gasteiger partial charge in [0.15, 0.2) is 0 Å². The molecule has 0 bridgehead atoms. The fraction of sp³-hybridized carbons (Fsp3) is 0.542. The lowest BCUT2D eigenvalue weighted by Crippen LogP contribution is -2.36. The van der Waals surface area contributed by atoms with Crippen LogP contribution in [0.1, 0.15) is 43.2 Å². The summed E-state index contributed by atoms with van der Waals surface area (Å²) in [6, 6.07) is 8.79. The van der Waals surface area contributed by atoms with Crippen molar-refractivity contribution in [2.24, 2.45) is 0 Å². The highest BCUT2D eigenvalue weighted by Gasteiger charge is 2.26. The SMILES string of the molecule is COC(=O)CC(=O)N1CCc2nc(-c3ccc(OCCCN4CCCC4C)cc3)sc2C1. The van der Waals surface area contributed by atoms with Gasteiger partial charge in [-0.3, -0.25) is 9.59 Å². The maximum Gasteiger partial charge on any atom is 0.315 e. The second kappa shape index (κ2) is 10.4. The van der Waals surface area contributed by atoms with Crippen LogP contribution in [0.4, 0.5) is 0 Å². The van der Waals surface area contributed by atoms with E-state index in [1.54, 1.807) is 16.2 Å². The first-order valence-corrected chi connectivity index (χ1v) is 12.2. The van der Waals surface area contributed by atoms with Crippen LogP contribution < -0.4 is 4.74 Å². The number of carbonyl (C=O) groups excluding carboxylic acids is 2. The molecule has 1 aromatic heterocycles. The van der Waals surface area contributed by atoms with E-state index in [0.29, 0.717) is 25.6 Å². The van der Waals surface area contributed by atoms with Gasteiger partial charge in [-0.05, 0) is 57.0 Å². The molecule has 0 N–H and O–H groups in total. The number of likely N-dealkylation sites (tertiary alicyclic amines) is 1. The van der Waals surface area contributed by atoms with Crippen molar-refractivity contribution in [3.63, 3.8) is 0 Å². The third-order valence-corrected chi connectivity index (χ3v) is 7.39. The van der Waals surface area contributed by atoms with Crippen molar-refractivity contribution in [1.82, 2.24) is 14.8 Å². The minimum Gasteiger partial charge on any atom is -0.494 e. The lowest BCUT2D eigenvalue weighted by atomic mass is 10.1. The standard InChI is InChI=1S/C24H31N3O4S/c1-17-5-3-11-26(17)12-4-14-31-19-8-6-18(7-9-19)24-25-20-10-13-27(16-21(20)32-24)22(28)15-23(29)30-2/h6-9,17H,3-5,10-16H2,1-2H3. The first-order valence-electron chi connectivity index (χ1n) is 11.3. The third kappa shape index (κ3) is 5.48. The van der Waals surface area contributed by atoms with Crippen molar-refractivity contribution in [1.29, 1.82) is 0 Å². The zero-order valence-electron chi connectivity index (χ0n) is 18.8. The monoisotopic (exact) mass is 457 g/mol. The second-order valence-electron chi connectivity index (χ2n) is 8.46. The number of amides is 1. The quantitative estimate of drug-likeness (QED) is 0.343. The van der Waals surface area contributed by atoms with Crippen LogP contribution in [0.15, 0.2) is 24.3 Å². The second-order valence-corrected chi connectivity index (χ2v) is 9.54. The zero-order valence-corrected chi connectivity index (χ0v) is 19.7. The number of hydrogen-bond donors (Lipinski definition) is 0. The van der Waals surface area contributed by atoms with Crippen LogP contribution in [0.3, 0.4) is 0 Å². The molecule has 2 aliphatic heterocycles. The number of esters is 1. The molecule has 32 heavy (non-hydrogen) atoms. The Labute approximate surface area is 193 Å². The average Bonchev–Trinajstić information content (AvgIpc) is 3.42. The predicted octanol–water partition coefficient (Wildman–Crippen LogP) is 3.51. The Hall–Kier alpha value is -2.45. The molecule has 0 saturated carbocycles. The number of carbonyl (C=O) groups is 2.